The van der Waals surface area contributed by atoms with Gasteiger partial charge in [0.2, 0.25) is 5.91 Å². The fourth-order valence-corrected chi connectivity index (χ4v) is 3.26. The normalized spacial score (nSPS) is 27.5. The van der Waals surface area contributed by atoms with Gasteiger partial charge in [0, 0.05) is 12.5 Å². The Bertz CT molecular complexity index is 528. The lowest BCUT2D eigenvalue weighted by molar-refractivity contribution is -0.153. The van der Waals surface area contributed by atoms with Gasteiger partial charge in [-0.15, -0.1) is 0 Å². The molecule has 4 nitrogen and oxygen atoms in total. The highest BCUT2D eigenvalue weighted by Gasteiger charge is 2.48. The van der Waals surface area contributed by atoms with E-state index in [9.17, 15) is 9.59 Å². The molecule has 0 radical (unpaired) electrons. The van der Waals surface area contributed by atoms with Crippen molar-refractivity contribution in [1.82, 2.24) is 4.90 Å². The summed E-state index contributed by atoms with van der Waals surface area (Å²) in [5.74, 6) is 0.240. The van der Waals surface area contributed by atoms with E-state index < -0.39 is 0 Å². The molecule has 3 atom stereocenters. The Kier molecular flexibility index (Phi) is 3.95. The van der Waals surface area contributed by atoms with E-state index in [1.807, 2.05) is 18.2 Å². The molecule has 0 aromatic heterocycles. The van der Waals surface area contributed by atoms with Crippen molar-refractivity contribution < 1.29 is 14.3 Å². The van der Waals surface area contributed by atoms with Gasteiger partial charge in [0.1, 0.15) is 6.04 Å². The Balaban J connectivity index is 1.65. The minimum absolute atomic E-state index is 0.0439. The summed E-state index contributed by atoms with van der Waals surface area (Å²) in [4.78, 5) is 26.3. The van der Waals surface area contributed by atoms with E-state index in [-0.39, 0.29) is 23.8 Å². The van der Waals surface area contributed by atoms with Crippen LogP contribution in [0.3, 0.4) is 0 Å². The third kappa shape index (κ3) is 2.80. The first kappa shape index (κ1) is 14.1. The maximum absolute atomic E-state index is 12.6. The van der Waals surface area contributed by atoms with Crippen molar-refractivity contribution >= 4 is 11.9 Å². The van der Waals surface area contributed by atoms with Gasteiger partial charge >= 0.3 is 5.97 Å². The number of ether oxygens (including phenoxy) is 1. The molecule has 1 amide bonds. The van der Waals surface area contributed by atoms with Gasteiger partial charge in [0.25, 0.3) is 0 Å². The Morgan fingerprint density at radius 1 is 1.29 bits per heavy atom. The van der Waals surface area contributed by atoms with Crippen LogP contribution in [0.1, 0.15) is 37.7 Å². The first-order chi connectivity index (χ1) is 10.2. The molecule has 1 heterocycles. The molecule has 4 heteroatoms. The fourth-order valence-electron chi connectivity index (χ4n) is 3.26. The first-order valence-electron chi connectivity index (χ1n) is 7.74. The largest absolute Gasteiger partial charge is 0.464 e. The number of rotatable bonds is 4. The molecule has 112 valence electrons. The molecule has 1 aliphatic heterocycles. The zero-order valence-electron chi connectivity index (χ0n) is 12.3. The van der Waals surface area contributed by atoms with Crippen molar-refractivity contribution in [3.63, 3.8) is 0 Å². The lowest BCUT2D eigenvalue weighted by atomic mass is 10.1. The highest BCUT2D eigenvalue weighted by atomic mass is 16.5. The van der Waals surface area contributed by atoms with Crippen LogP contribution in [0.5, 0.6) is 0 Å². The Hall–Kier alpha value is -1.84. The van der Waals surface area contributed by atoms with Crippen LogP contribution in [0, 0.1) is 5.92 Å². The molecule has 2 aliphatic rings. The van der Waals surface area contributed by atoms with Crippen molar-refractivity contribution in [3.8, 4) is 0 Å². The van der Waals surface area contributed by atoms with E-state index in [0.29, 0.717) is 19.1 Å². The van der Waals surface area contributed by atoms with Crippen LogP contribution in [-0.4, -0.2) is 36.0 Å². The van der Waals surface area contributed by atoms with Crippen LogP contribution >= 0.6 is 0 Å². The number of benzene rings is 1. The maximum Gasteiger partial charge on any atom is 0.328 e. The van der Waals surface area contributed by atoms with Crippen LogP contribution in [0.15, 0.2) is 30.3 Å². The maximum atomic E-state index is 12.6. The van der Waals surface area contributed by atoms with E-state index in [4.69, 9.17) is 4.74 Å². The summed E-state index contributed by atoms with van der Waals surface area (Å²) in [7, 11) is 0. The summed E-state index contributed by atoms with van der Waals surface area (Å²) in [6.07, 6.45) is 2.51. The van der Waals surface area contributed by atoms with Crippen molar-refractivity contribution in [2.45, 2.75) is 38.1 Å². The van der Waals surface area contributed by atoms with Gasteiger partial charge in [-0.1, -0.05) is 30.3 Å². The number of hydrogen-bond acceptors (Lipinski definition) is 3. The average Bonchev–Trinajstić information content (AvgIpc) is 3.16. The van der Waals surface area contributed by atoms with Crippen LogP contribution in [0.4, 0.5) is 0 Å². The van der Waals surface area contributed by atoms with Gasteiger partial charge in [-0.2, -0.15) is 0 Å². The minimum Gasteiger partial charge on any atom is -0.464 e. The van der Waals surface area contributed by atoms with Crippen molar-refractivity contribution in [1.29, 1.82) is 0 Å². The third-order valence-corrected chi connectivity index (χ3v) is 4.43. The molecule has 1 aromatic rings. The monoisotopic (exact) mass is 287 g/mol. The smallest absolute Gasteiger partial charge is 0.328 e. The summed E-state index contributed by atoms with van der Waals surface area (Å²) >= 11 is 0. The predicted molar refractivity (Wildman–Crippen MR) is 78.7 cm³/mol. The summed E-state index contributed by atoms with van der Waals surface area (Å²) in [6, 6.07) is 9.78. The lowest BCUT2D eigenvalue weighted by Crippen LogP contribution is -2.42. The molecule has 2 fully saturated rings. The molecular weight excluding hydrogens is 266 g/mol. The molecule has 1 saturated heterocycles. The highest BCUT2D eigenvalue weighted by molar-refractivity contribution is 5.88. The zero-order valence-corrected chi connectivity index (χ0v) is 12.3. The molecule has 21 heavy (non-hydrogen) atoms. The van der Waals surface area contributed by atoms with E-state index in [1.165, 1.54) is 5.56 Å². The van der Waals surface area contributed by atoms with Crippen molar-refractivity contribution in [2.24, 2.45) is 5.92 Å². The van der Waals surface area contributed by atoms with Crippen LogP contribution in [-0.2, 0) is 14.3 Å². The van der Waals surface area contributed by atoms with E-state index in [1.54, 1.807) is 11.8 Å². The van der Waals surface area contributed by atoms with Crippen LogP contribution < -0.4 is 0 Å². The fraction of sp³-hybridized carbons (Fsp3) is 0.529. The molecule has 0 bridgehead atoms. The van der Waals surface area contributed by atoms with Gasteiger partial charge in [0.15, 0.2) is 0 Å². The topological polar surface area (TPSA) is 46.6 Å². The number of nitrogens with zero attached hydrogens (tertiary/aromatic N) is 1. The number of esters is 1. The second-order valence-corrected chi connectivity index (χ2v) is 5.80. The number of hydrogen-bond donors (Lipinski definition) is 0. The predicted octanol–water partition coefficient (Wildman–Crippen LogP) is 2.34. The van der Waals surface area contributed by atoms with E-state index >= 15 is 0 Å². The zero-order chi connectivity index (χ0) is 14.8. The summed E-state index contributed by atoms with van der Waals surface area (Å²) < 4.78 is 5.09. The van der Waals surface area contributed by atoms with Gasteiger partial charge < -0.3 is 9.64 Å². The van der Waals surface area contributed by atoms with Gasteiger partial charge in [-0.25, -0.2) is 4.79 Å². The number of carbonyl (C=O) groups excluding carboxylic acids is 2. The Morgan fingerprint density at radius 2 is 2.05 bits per heavy atom. The van der Waals surface area contributed by atoms with Crippen molar-refractivity contribution in [3.05, 3.63) is 35.9 Å². The number of likely N-dealkylation sites (tertiary alicyclic amines) is 1. The lowest BCUT2D eigenvalue weighted by Gasteiger charge is -2.23. The third-order valence-electron chi connectivity index (χ3n) is 4.43. The highest BCUT2D eigenvalue weighted by Crippen LogP contribution is 2.49. The minimum atomic E-state index is -0.366. The molecule has 1 aliphatic carbocycles. The van der Waals surface area contributed by atoms with E-state index in [2.05, 4.69) is 12.1 Å². The molecular formula is C17H21NO3. The SMILES string of the molecule is CCOC(=O)C1CCCN1C(=O)C1CC1c1ccccc1. The number of carbonyl (C=O) groups is 2. The standard InChI is InChI=1S/C17H21NO3/c1-2-21-17(20)15-9-6-10-18(15)16(19)14-11-13(14)12-7-4-3-5-8-12/h3-5,7-8,13-15H,2,6,9-11H2,1H3. The molecule has 0 N–H and O–H groups in total. The second kappa shape index (κ2) is 5.88. The van der Waals surface area contributed by atoms with Crippen LogP contribution in [0.25, 0.3) is 0 Å². The Labute approximate surface area is 125 Å². The second-order valence-electron chi connectivity index (χ2n) is 5.80. The molecule has 3 unspecified atom stereocenters. The van der Waals surface area contributed by atoms with Gasteiger partial charge in [-0.05, 0) is 37.7 Å². The summed E-state index contributed by atoms with van der Waals surface area (Å²) in [5, 5.41) is 0. The Morgan fingerprint density at radius 3 is 2.76 bits per heavy atom. The molecule has 1 saturated carbocycles. The summed E-state index contributed by atoms with van der Waals surface area (Å²) in [5.41, 5.74) is 1.22. The summed E-state index contributed by atoms with van der Waals surface area (Å²) in [6.45, 7) is 2.85. The van der Waals surface area contributed by atoms with Gasteiger partial charge in [0.05, 0.1) is 6.61 Å². The van der Waals surface area contributed by atoms with Crippen molar-refractivity contribution in [2.75, 3.05) is 13.2 Å². The van der Waals surface area contributed by atoms with Crippen LogP contribution in [0.2, 0.25) is 0 Å². The van der Waals surface area contributed by atoms with Gasteiger partial charge in [-0.3, -0.25) is 4.79 Å². The first-order valence-corrected chi connectivity index (χ1v) is 7.74. The average molecular weight is 287 g/mol. The van der Waals surface area contributed by atoms with E-state index in [0.717, 1.165) is 19.3 Å². The number of amides is 1. The molecule has 3 rings (SSSR count). The molecule has 1 aromatic carbocycles. The quantitative estimate of drug-likeness (QED) is 0.799. The molecule has 0 spiro atoms.